The third-order valence-electron chi connectivity index (χ3n) is 2.69. The van der Waals surface area contributed by atoms with E-state index >= 15 is 0 Å². The van der Waals surface area contributed by atoms with Gasteiger partial charge in [0.2, 0.25) is 5.95 Å². The molecule has 1 amide bonds. The van der Waals surface area contributed by atoms with Gasteiger partial charge in [0, 0.05) is 17.1 Å². The fraction of sp³-hybridized carbons (Fsp3) is 0.308. The second-order valence-corrected chi connectivity index (χ2v) is 4.88. The van der Waals surface area contributed by atoms with Crippen LogP contribution < -0.4 is 5.32 Å². The van der Waals surface area contributed by atoms with Crippen LogP contribution in [0, 0.1) is 0 Å². The maximum Gasteiger partial charge on any atom is 0.471 e. The Kier molecular flexibility index (Phi) is 4.70. The number of carbonyl (C=O) groups is 1. The summed E-state index contributed by atoms with van der Waals surface area (Å²) in [6, 6.07) is 6.52. The van der Waals surface area contributed by atoms with Crippen molar-refractivity contribution in [3.8, 4) is 11.4 Å². The van der Waals surface area contributed by atoms with E-state index in [1.54, 1.807) is 29.6 Å². The number of nitrogens with zero attached hydrogens (tertiary/aromatic N) is 3. The van der Waals surface area contributed by atoms with Gasteiger partial charge in [-0.15, -0.1) is 5.10 Å². The first-order valence-corrected chi connectivity index (χ1v) is 6.78. The predicted octanol–water partition coefficient (Wildman–Crippen LogP) is 3.51. The molecule has 0 fully saturated rings. The van der Waals surface area contributed by atoms with Crippen molar-refractivity contribution < 1.29 is 18.0 Å². The monoisotopic (exact) mass is 332 g/mol. The standard InChI is InChI=1S/C13H12ClF3N4O/c1-2-7-21-12(19-11(22)13(15,16)17)18-10(20-21)8-3-5-9(14)6-4-8/h3-6H,2,7H2,1H3,(H,18,19,20,22). The molecule has 1 aromatic carbocycles. The lowest BCUT2D eigenvalue weighted by atomic mass is 10.2. The Morgan fingerprint density at radius 3 is 2.50 bits per heavy atom. The lowest BCUT2D eigenvalue weighted by molar-refractivity contribution is -0.167. The van der Waals surface area contributed by atoms with Crippen molar-refractivity contribution in [2.45, 2.75) is 26.1 Å². The van der Waals surface area contributed by atoms with Gasteiger partial charge in [-0.2, -0.15) is 18.2 Å². The van der Waals surface area contributed by atoms with E-state index < -0.39 is 12.1 Å². The molecule has 0 atom stereocenters. The molecule has 0 aliphatic rings. The van der Waals surface area contributed by atoms with Gasteiger partial charge in [-0.25, -0.2) is 4.68 Å². The van der Waals surface area contributed by atoms with Gasteiger partial charge in [-0.1, -0.05) is 18.5 Å². The Bertz CT molecular complexity index is 667. The molecule has 0 saturated heterocycles. The second-order valence-electron chi connectivity index (χ2n) is 4.44. The zero-order chi connectivity index (χ0) is 16.3. The number of benzene rings is 1. The van der Waals surface area contributed by atoms with Crippen molar-refractivity contribution in [2.24, 2.45) is 0 Å². The molecule has 9 heteroatoms. The van der Waals surface area contributed by atoms with Crippen LogP contribution in [0.1, 0.15) is 13.3 Å². The first-order valence-electron chi connectivity index (χ1n) is 6.40. The number of anilines is 1. The van der Waals surface area contributed by atoms with E-state index in [-0.39, 0.29) is 11.8 Å². The molecule has 0 unspecified atom stereocenters. The van der Waals surface area contributed by atoms with Gasteiger partial charge in [0.05, 0.1) is 0 Å². The Morgan fingerprint density at radius 2 is 1.95 bits per heavy atom. The maximum atomic E-state index is 12.3. The fourth-order valence-electron chi connectivity index (χ4n) is 1.70. The Morgan fingerprint density at radius 1 is 1.32 bits per heavy atom. The second kappa shape index (κ2) is 6.35. The van der Waals surface area contributed by atoms with Crippen LogP contribution in [-0.2, 0) is 11.3 Å². The van der Waals surface area contributed by atoms with Crippen molar-refractivity contribution in [1.29, 1.82) is 0 Å². The molecular formula is C13H12ClF3N4O. The molecule has 5 nitrogen and oxygen atoms in total. The minimum absolute atomic E-state index is 0.211. The van der Waals surface area contributed by atoms with E-state index in [0.717, 1.165) is 0 Å². The molecule has 2 aromatic rings. The summed E-state index contributed by atoms with van der Waals surface area (Å²) in [5.41, 5.74) is 0.585. The molecule has 0 aliphatic heterocycles. The topological polar surface area (TPSA) is 59.8 Å². The van der Waals surface area contributed by atoms with E-state index in [1.807, 2.05) is 6.92 Å². The van der Waals surface area contributed by atoms with Crippen molar-refractivity contribution >= 4 is 23.5 Å². The number of carbonyl (C=O) groups excluding carboxylic acids is 1. The van der Waals surface area contributed by atoms with Gasteiger partial charge < -0.3 is 0 Å². The smallest absolute Gasteiger partial charge is 0.287 e. The van der Waals surface area contributed by atoms with Crippen LogP contribution in [0.4, 0.5) is 19.1 Å². The lowest BCUT2D eigenvalue weighted by Crippen LogP contribution is -2.31. The predicted molar refractivity (Wildman–Crippen MR) is 75.4 cm³/mol. The molecule has 0 aliphatic carbocycles. The summed E-state index contributed by atoms with van der Waals surface area (Å²) >= 11 is 5.78. The summed E-state index contributed by atoms with van der Waals surface area (Å²) in [6.07, 6.45) is -4.36. The Balaban J connectivity index is 2.33. The molecule has 0 spiro atoms. The molecule has 22 heavy (non-hydrogen) atoms. The Labute approximate surface area is 129 Å². The molecule has 2 rings (SSSR count). The zero-order valence-corrected chi connectivity index (χ0v) is 12.2. The highest BCUT2D eigenvalue weighted by atomic mass is 35.5. The lowest BCUT2D eigenvalue weighted by Gasteiger charge is -2.07. The number of hydrogen-bond acceptors (Lipinski definition) is 3. The van der Waals surface area contributed by atoms with Crippen molar-refractivity contribution in [2.75, 3.05) is 5.32 Å². The van der Waals surface area contributed by atoms with Gasteiger partial charge in [0.15, 0.2) is 5.82 Å². The van der Waals surface area contributed by atoms with Crippen LogP contribution in [0.3, 0.4) is 0 Å². The number of aryl methyl sites for hydroxylation is 1. The van der Waals surface area contributed by atoms with Crippen LogP contribution >= 0.6 is 11.6 Å². The summed E-state index contributed by atoms with van der Waals surface area (Å²) < 4.78 is 38.3. The van der Waals surface area contributed by atoms with E-state index in [4.69, 9.17) is 11.6 Å². The summed E-state index contributed by atoms with van der Waals surface area (Å²) in [5, 5.41) is 6.37. The van der Waals surface area contributed by atoms with Crippen LogP contribution in [0.25, 0.3) is 11.4 Å². The van der Waals surface area contributed by atoms with Gasteiger partial charge in [0.25, 0.3) is 0 Å². The van der Waals surface area contributed by atoms with E-state index in [2.05, 4.69) is 10.1 Å². The maximum absolute atomic E-state index is 12.3. The van der Waals surface area contributed by atoms with Gasteiger partial charge in [-0.3, -0.25) is 10.1 Å². The van der Waals surface area contributed by atoms with Crippen LogP contribution in [0.2, 0.25) is 5.02 Å². The van der Waals surface area contributed by atoms with Gasteiger partial charge in [-0.05, 0) is 30.7 Å². The minimum Gasteiger partial charge on any atom is -0.287 e. The SMILES string of the molecule is CCCn1nc(-c2ccc(Cl)cc2)nc1NC(=O)C(F)(F)F. The van der Waals surface area contributed by atoms with Crippen molar-refractivity contribution in [3.05, 3.63) is 29.3 Å². The van der Waals surface area contributed by atoms with Gasteiger partial charge >= 0.3 is 12.1 Å². The molecular weight excluding hydrogens is 321 g/mol. The summed E-state index contributed by atoms with van der Waals surface area (Å²) in [7, 11) is 0. The first kappa shape index (κ1) is 16.3. The molecule has 1 heterocycles. The average molecular weight is 333 g/mol. The van der Waals surface area contributed by atoms with E-state index in [0.29, 0.717) is 23.6 Å². The zero-order valence-electron chi connectivity index (χ0n) is 11.5. The number of amides is 1. The normalized spacial score (nSPS) is 11.5. The number of hydrogen-bond donors (Lipinski definition) is 1. The molecule has 1 aromatic heterocycles. The summed E-state index contributed by atoms with van der Waals surface area (Å²) in [5.74, 6) is -2.11. The van der Waals surface area contributed by atoms with Crippen LogP contribution in [-0.4, -0.2) is 26.8 Å². The molecule has 1 N–H and O–H groups in total. The molecule has 0 saturated carbocycles. The summed E-state index contributed by atoms with van der Waals surface area (Å²) in [4.78, 5) is 15.0. The highest BCUT2D eigenvalue weighted by Crippen LogP contribution is 2.22. The molecule has 0 bridgehead atoms. The Hall–Kier alpha value is -2.09. The van der Waals surface area contributed by atoms with E-state index in [1.165, 1.54) is 4.68 Å². The number of rotatable bonds is 4. The van der Waals surface area contributed by atoms with Crippen molar-refractivity contribution in [1.82, 2.24) is 14.8 Å². The number of halogens is 4. The number of aromatic nitrogens is 3. The highest BCUT2D eigenvalue weighted by Gasteiger charge is 2.39. The highest BCUT2D eigenvalue weighted by molar-refractivity contribution is 6.30. The number of nitrogens with one attached hydrogen (secondary N) is 1. The summed E-state index contributed by atoms with van der Waals surface area (Å²) in [6.45, 7) is 2.16. The first-order chi connectivity index (χ1) is 10.3. The number of alkyl halides is 3. The van der Waals surface area contributed by atoms with Crippen molar-refractivity contribution in [3.63, 3.8) is 0 Å². The van der Waals surface area contributed by atoms with Crippen LogP contribution in [0.5, 0.6) is 0 Å². The average Bonchev–Trinajstić information content (AvgIpc) is 2.82. The minimum atomic E-state index is -4.98. The quantitative estimate of drug-likeness (QED) is 0.932. The van der Waals surface area contributed by atoms with Gasteiger partial charge in [0.1, 0.15) is 0 Å². The molecule has 0 radical (unpaired) electrons. The largest absolute Gasteiger partial charge is 0.471 e. The van der Waals surface area contributed by atoms with Crippen LogP contribution in [0.15, 0.2) is 24.3 Å². The van der Waals surface area contributed by atoms with E-state index in [9.17, 15) is 18.0 Å². The fourth-order valence-corrected chi connectivity index (χ4v) is 1.82. The molecule has 118 valence electrons. The third-order valence-corrected chi connectivity index (χ3v) is 2.94. The third kappa shape index (κ3) is 3.76.